The van der Waals surface area contributed by atoms with Crippen molar-refractivity contribution in [2.45, 2.75) is 13.0 Å². The Bertz CT molecular complexity index is 196. The van der Waals surface area contributed by atoms with Crippen LogP contribution in [0.25, 0.3) is 0 Å². The Morgan fingerprint density at radius 2 is 2.33 bits per heavy atom. The van der Waals surface area contributed by atoms with E-state index in [9.17, 15) is 4.79 Å². The maximum atomic E-state index is 10.8. The predicted molar refractivity (Wildman–Crippen MR) is 40.5 cm³/mol. The van der Waals surface area contributed by atoms with Crippen LogP contribution in [0.15, 0.2) is 5.16 Å². The molecule has 0 aromatic rings. The second-order valence-corrected chi connectivity index (χ2v) is 2.48. The molecule has 1 aliphatic heterocycles. The summed E-state index contributed by atoms with van der Waals surface area (Å²) in [5.74, 6) is -0.298. The fraction of sp³-hybridized carbons (Fsp3) is 0.714. The van der Waals surface area contributed by atoms with Gasteiger partial charge in [-0.15, -0.1) is 0 Å². The molecule has 0 spiro atoms. The second kappa shape index (κ2) is 4.18. The number of nitrogens with zero attached hydrogens (tertiary/aromatic N) is 1. The van der Waals surface area contributed by atoms with E-state index in [2.05, 4.69) is 5.16 Å². The molecule has 12 heavy (non-hydrogen) atoms. The lowest BCUT2D eigenvalue weighted by atomic mass is 10.1. The number of hydrogen-bond donors (Lipinski definition) is 1. The lowest BCUT2D eigenvalue weighted by Crippen LogP contribution is -2.38. The van der Waals surface area contributed by atoms with Crippen LogP contribution in [0.4, 0.5) is 0 Å². The Hall–Kier alpha value is -0.940. The number of carbonyl (C=O) groups is 1. The average molecular weight is 173 g/mol. The number of Topliss-reactive ketones (excluding diaryl/α,β-unsaturated/α-hetero) is 1. The molecule has 0 bridgehead atoms. The molecule has 0 radical (unpaired) electrons. The molecule has 1 fully saturated rings. The van der Waals surface area contributed by atoms with E-state index in [0.29, 0.717) is 13.2 Å². The Balaban J connectivity index is 2.59. The van der Waals surface area contributed by atoms with Gasteiger partial charge in [0.1, 0.15) is 6.10 Å². The fourth-order valence-corrected chi connectivity index (χ4v) is 1.01. The van der Waals surface area contributed by atoms with E-state index in [0.717, 1.165) is 0 Å². The highest BCUT2D eigenvalue weighted by atomic mass is 16.6. The molecule has 1 heterocycles. The van der Waals surface area contributed by atoms with Gasteiger partial charge < -0.3 is 14.7 Å². The van der Waals surface area contributed by atoms with Gasteiger partial charge in [-0.1, -0.05) is 5.16 Å². The molecule has 1 saturated heterocycles. The van der Waals surface area contributed by atoms with Crippen molar-refractivity contribution in [3.63, 3.8) is 0 Å². The van der Waals surface area contributed by atoms with Crippen LogP contribution in [-0.2, 0) is 14.3 Å². The summed E-state index contributed by atoms with van der Waals surface area (Å²) in [7, 11) is 0. The van der Waals surface area contributed by atoms with Gasteiger partial charge in [0.25, 0.3) is 0 Å². The van der Waals surface area contributed by atoms with Crippen molar-refractivity contribution in [1.29, 1.82) is 0 Å². The van der Waals surface area contributed by atoms with Crippen LogP contribution in [0.2, 0.25) is 0 Å². The molecule has 5 heteroatoms. The van der Waals surface area contributed by atoms with Crippen LogP contribution in [0, 0.1) is 0 Å². The van der Waals surface area contributed by atoms with Gasteiger partial charge in [-0.2, -0.15) is 0 Å². The third-order valence-corrected chi connectivity index (χ3v) is 1.59. The SMILES string of the molecule is CC(=O)/C(=N\O)C1COCCO1. The van der Waals surface area contributed by atoms with Crippen LogP contribution in [0.1, 0.15) is 6.92 Å². The fourth-order valence-electron chi connectivity index (χ4n) is 1.01. The Morgan fingerprint density at radius 1 is 1.58 bits per heavy atom. The van der Waals surface area contributed by atoms with Crippen LogP contribution in [0.5, 0.6) is 0 Å². The molecule has 1 atom stereocenters. The summed E-state index contributed by atoms with van der Waals surface area (Å²) in [4.78, 5) is 10.8. The predicted octanol–water partition coefficient (Wildman–Crippen LogP) is -0.179. The molecule has 0 aliphatic carbocycles. The Kier molecular flexibility index (Phi) is 3.19. The highest BCUT2D eigenvalue weighted by molar-refractivity contribution is 6.40. The highest BCUT2D eigenvalue weighted by Crippen LogP contribution is 2.03. The van der Waals surface area contributed by atoms with Gasteiger partial charge in [0, 0.05) is 6.92 Å². The minimum Gasteiger partial charge on any atom is -0.410 e. The lowest BCUT2D eigenvalue weighted by molar-refractivity contribution is -0.113. The molecular formula is C7H11NO4. The quantitative estimate of drug-likeness (QED) is 0.357. The number of rotatable bonds is 2. The molecule has 0 aromatic carbocycles. The average Bonchev–Trinajstić information content (AvgIpc) is 2.07. The van der Waals surface area contributed by atoms with Crippen LogP contribution >= 0.6 is 0 Å². The monoisotopic (exact) mass is 173 g/mol. The third-order valence-electron chi connectivity index (χ3n) is 1.59. The zero-order chi connectivity index (χ0) is 8.97. The zero-order valence-electron chi connectivity index (χ0n) is 6.82. The normalized spacial score (nSPS) is 25.4. The van der Waals surface area contributed by atoms with Crippen molar-refractivity contribution >= 4 is 11.5 Å². The van der Waals surface area contributed by atoms with Gasteiger partial charge in [0.05, 0.1) is 19.8 Å². The maximum absolute atomic E-state index is 10.8. The molecule has 1 unspecified atom stereocenters. The third kappa shape index (κ3) is 2.02. The largest absolute Gasteiger partial charge is 0.410 e. The first-order valence-electron chi connectivity index (χ1n) is 3.68. The highest BCUT2D eigenvalue weighted by Gasteiger charge is 2.24. The number of ether oxygens (including phenoxy) is 2. The Morgan fingerprint density at radius 3 is 2.75 bits per heavy atom. The van der Waals surface area contributed by atoms with Crippen molar-refractivity contribution in [2.75, 3.05) is 19.8 Å². The number of hydrogen-bond acceptors (Lipinski definition) is 5. The van der Waals surface area contributed by atoms with E-state index >= 15 is 0 Å². The van der Waals surface area contributed by atoms with Crippen molar-refractivity contribution in [3.05, 3.63) is 0 Å². The molecule has 0 aromatic heterocycles. The van der Waals surface area contributed by atoms with Gasteiger partial charge in [-0.25, -0.2) is 0 Å². The van der Waals surface area contributed by atoms with Gasteiger partial charge in [0.15, 0.2) is 11.5 Å². The summed E-state index contributed by atoms with van der Waals surface area (Å²) in [6.07, 6.45) is -0.513. The minimum absolute atomic E-state index is 0.0229. The second-order valence-electron chi connectivity index (χ2n) is 2.48. The zero-order valence-corrected chi connectivity index (χ0v) is 6.82. The maximum Gasteiger partial charge on any atom is 0.180 e. The van der Waals surface area contributed by atoms with E-state index in [1.165, 1.54) is 6.92 Å². The smallest absolute Gasteiger partial charge is 0.180 e. The molecule has 1 aliphatic rings. The first kappa shape index (κ1) is 9.15. The van der Waals surface area contributed by atoms with Crippen molar-refractivity contribution in [2.24, 2.45) is 5.16 Å². The molecule has 68 valence electrons. The first-order chi connectivity index (χ1) is 5.75. The summed E-state index contributed by atoms with van der Waals surface area (Å²) in [6, 6.07) is 0. The lowest BCUT2D eigenvalue weighted by Gasteiger charge is -2.22. The van der Waals surface area contributed by atoms with Crippen LogP contribution in [0.3, 0.4) is 0 Å². The van der Waals surface area contributed by atoms with Crippen molar-refractivity contribution in [3.8, 4) is 0 Å². The summed E-state index contributed by atoms with van der Waals surface area (Å²) in [6.45, 7) is 2.55. The summed E-state index contributed by atoms with van der Waals surface area (Å²) in [5, 5.41) is 11.4. The molecule has 1 rings (SSSR count). The van der Waals surface area contributed by atoms with Gasteiger partial charge in [-0.05, 0) is 0 Å². The molecular weight excluding hydrogens is 162 g/mol. The first-order valence-corrected chi connectivity index (χ1v) is 3.68. The van der Waals surface area contributed by atoms with E-state index in [4.69, 9.17) is 14.7 Å². The van der Waals surface area contributed by atoms with Gasteiger partial charge >= 0.3 is 0 Å². The van der Waals surface area contributed by atoms with E-state index in [1.807, 2.05) is 0 Å². The van der Waals surface area contributed by atoms with Crippen LogP contribution in [-0.4, -0.2) is 42.6 Å². The Labute approximate surface area is 70.0 Å². The number of ketones is 1. The van der Waals surface area contributed by atoms with Crippen molar-refractivity contribution in [1.82, 2.24) is 0 Å². The van der Waals surface area contributed by atoms with Crippen LogP contribution < -0.4 is 0 Å². The minimum atomic E-state index is -0.513. The van der Waals surface area contributed by atoms with Crippen molar-refractivity contribution < 1.29 is 19.5 Å². The van der Waals surface area contributed by atoms with E-state index < -0.39 is 6.10 Å². The summed E-state index contributed by atoms with van der Waals surface area (Å²) in [5.41, 5.74) is 0.0229. The summed E-state index contributed by atoms with van der Waals surface area (Å²) < 4.78 is 10.2. The van der Waals surface area contributed by atoms with E-state index in [-0.39, 0.29) is 18.1 Å². The van der Waals surface area contributed by atoms with Gasteiger partial charge in [0.2, 0.25) is 0 Å². The molecule has 0 amide bonds. The number of oxime groups is 1. The molecule has 1 N–H and O–H groups in total. The topological polar surface area (TPSA) is 68.1 Å². The standard InChI is InChI=1S/C7H11NO4/c1-5(9)7(8-10)6-4-11-2-3-12-6/h6,10H,2-4H2,1H3/b8-7+. The molecule has 5 nitrogen and oxygen atoms in total. The van der Waals surface area contributed by atoms with Gasteiger partial charge in [-0.3, -0.25) is 4.79 Å². The number of carbonyl (C=O) groups excluding carboxylic acids is 1. The molecule has 0 saturated carbocycles. The van der Waals surface area contributed by atoms with E-state index in [1.54, 1.807) is 0 Å². The summed E-state index contributed by atoms with van der Waals surface area (Å²) >= 11 is 0.